The third kappa shape index (κ3) is 9.12. The minimum Gasteiger partial charge on any atom is -0.392 e. The molecule has 0 amide bonds. The van der Waals surface area contributed by atoms with Crippen molar-refractivity contribution in [2.75, 3.05) is 7.05 Å². The molecule has 0 aliphatic rings. The van der Waals surface area contributed by atoms with Crippen molar-refractivity contribution in [1.29, 1.82) is 0 Å². The van der Waals surface area contributed by atoms with E-state index in [9.17, 15) is 4.79 Å². The molecule has 2 heteroatoms. The molecule has 0 aliphatic heterocycles. The van der Waals surface area contributed by atoms with Gasteiger partial charge in [-0.3, -0.25) is 0 Å². The van der Waals surface area contributed by atoms with Crippen LogP contribution < -0.4 is 5.32 Å². The first kappa shape index (κ1) is 12.2. The lowest BCUT2D eigenvalue weighted by atomic mass is 10.1. The predicted octanol–water partition coefficient (Wildman–Crippen LogP) is 2.65. The van der Waals surface area contributed by atoms with Gasteiger partial charge in [0.05, 0.1) is 0 Å². The zero-order valence-corrected chi connectivity index (χ0v) is 8.86. The van der Waals surface area contributed by atoms with Crippen molar-refractivity contribution < 1.29 is 4.79 Å². The number of Topliss-reactive ketones (excluding diaryl/α,β-unsaturated/α-hetero) is 1. The number of carbonyl (C=O) groups excluding carboxylic acids is 1. The summed E-state index contributed by atoms with van der Waals surface area (Å²) in [6.07, 6.45) is 6.38. The summed E-state index contributed by atoms with van der Waals surface area (Å²) in [5.74, 6) is 0.305. The van der Waals surface area contributed by atoms with E-state index in [1.54, 1.807) is 6.92 Å². The Morgan fingerprint density at radius 1 is 1.15 bits per heavy atom. The molecule has 0 saturated carbocycles. The van der Waals surface area contributed by atoms with Gasteiger partial charge in [0.25, 0.3) is 0 Å². The fraction of sp³-hybridized carbons (Fsp3) is 0.727. The summed E-state index contributed by atoms with van der Waals surface area (Å²) in [5, 5.41) is 3.03. The van der Waals surface area contributed by atoms with Gasteiger partial charge in [-0.2, -0.15) is 0 Å². The van der Waals surface area contributed by atoms with E-state index in [1.807, 2.05) is 7.05 Å². The van der Waals surface area contributed by atoms with Crippen LogP contribution in [-0.2, 0) is 4.79 Å². The SMILES string of the molecule is C=C(CCCCCCC(C)=O)NC. The number of hydrogen-bond acceptors (Lipinski definition) is 2. The molecule has 0 aromatic rings. The lowest BCUT2D eigenvalue weighted by molar-refractivity contribution is -0.117. The van der Waals surface area contributed by atoms with E-state index in [1.165, 1.54) is 12.8 Å². The van der Waals surface area contributed by atoms with Gasteiger partial charge >= 0.3 is 0 Å². The Morgan fingerprint density at radius 3 is 2.15 bits per heavy atom. The Bertz CT molecular complexity index is 163. The molecule has 0 fully saturated rings. The highest BCUT2D eigenvalue weighted by molar-refractivity contribution is 5.75. The summed E-state index contributed by atoms with van der Waals surface area (Å²) in [5.41, 5.74) is 1.10. The normalized spacial score (nSPS) is 9.69. The molecule has 0 rings (SSSR count). The fourth-order valence-electron chi connectivity index (χ4n) is 1.19. The Kier molecular flexibility index (Phi) is 7.36. The van der Waals surface area contributed by atoms with Gasteiger partial charge in [-0.05, 0) is 26.2 Å². The molecular weight excluding hydrogens is 162 g/mol. The summed E-state index contributed by atoms with van der Waals surface area (Å²) >= 11 is 0. The van der Waals surface area contributed by atoms with Crippen molar-refractivity contribution in [3.05, 3.63) is 12.3 Å². The summed E-state index contributed by atoms with van der Waals surface area (Å²) < 4.78 is 0. The van der Waals surface area contributed by atoms with E-state index in [2.05, 4.69) is 11.9 Å². The molecule has 76 valence electrons. The number of nitrogens with one attached hydrogen (secondary N) is 1. The molecule has 0 aromatic carbocycles. The van der Waals surface area contributed by atoms with Gasteiger partial charge in [0.15, 0.2) is 0 Å². The molecule has 13 heavy (non-hydrogen) atoms. The number of rotatable bonds is 8. The van der Waals surface area contributed by atoms with Crippen molar-refractivity contribution >= 4 is 5.78 Å². The summed E-state index contributed by atoms with van der Waals surface area (Å²) in [4.78, 5) is 10.6. The van der Waals surface area contributed by atoms with Crippen LogP contribution in [0, 0.1) is 0 Å². The molecule has 0 radical (unpaired) electrons. The minimum absolute atomic E-state index is 0.305. The van der Waals surface area contributed by atoms with E-state index in [4.69, 9.17) is 0 Å². The lowest BCUT2D eigenvalue weighted by Crippen LogP contribution is -2.03. The highest BCUT2D eigenvalue weighted by Crippen LogP contribution is 2.08. The van der Waals surface area contributed by atoms with Crippen LogP contribution in [0.25, 0.3) is 0 Å². The zero-order chi connectivity index (χ0) is 10.1. The molecule has 0 bridgehead atoms. The second-order valence-electron chi connectivity index (χ2n) is 3.47. The number of unbranched alkanes of at least 4 members (excludes halogenated alkanes) is 3. The number of hydrogen-bond donors (Lipinski definition) is 1. The third-order valence-electron chi connectivity index (χ3n) is 2.11. The van der Waals surface area contributed by atoms with Gasteiger partial charge in [-0.1, -0.05) is 19.4 Å². The van der Waals surface area contributed by atoms with Crippen molar-refractivity contribution in [3.63, 3.8) is 0 Å². The molecule has 0 aromatic heterocycles. The lowest BCUT2D eigenvalue weighted by Gasteiger charge is -2.03. The van der Waals surface area contributed by atoms with E-state index >= 15 is 0 Å². The van der Waals surface area contributed by atoms with Crippen LogP contribution in [0.1, 0.15) is 45.4 Å². The first-order valence-corrected chi connectivity index (χ1v) is 5.01. The van der Waals surface area contributed by atoms with Gasteiger partial charge in [0.2, 0.25) is 0 Å². The highest BCUT2D eigenvalue weighted by atomic mass is 16.1. The molecule has 0 aliphatic carbocycles. The molecule has 0 unspecified atom stereocenters. The standard InChI is InChI=1S/C11H21NO/c1-10(12-3)8-6-4-5-7-9-11(2)13/h12H,1,4-9H2,2-3H3. The summed E-state index contributed by atoms with van der Waals surface area (Å²) in [6.45, 7) is 5.51. The molecule has 0 heterocycles. The Labute approximate surface area is 81.4 Å². The van der Waals surface area contributed by atoms with Crippen molar-refractivity contribution in [3.8, 4) is 0 Å². The van der Waals surface area contributed by atoms with Crippen LogP contribution in [0.5, 0.6) is 0 Å². The van der Waals surface area contributed by atoms with Crippen LogP contribution in [0.2, 0.25) is 0 Å². The first-order chi connectivity index (χ1) is 6.16. The van der Waals surface area contributed by atoms with Gasteiger partial charge in [0, 0.05) is 19.2 Å². The van der Waals surface area contributed by atoms with Crippen LogP contribution >= 0.6 is 0 Å². The average Bonchev–Trinajstić information content (AvgIpc) is 2.10. The van der Waals surface area contributed by atoms with Crippen LogP contribution in [0.15, 0.2) is 12.3 Å². The molecule has 0 spiro atoms. The Balaban J connectivity index is 3.08. The Morgan fingerprint density at radius 2 is 1.69 bits per heavy atom. The maximum atomic E-state index is 10.6. The topological polar surface area (TPSA) is 29.1 Å². The molecule has 1 N–H and O–H groups in total. The van der Waals surface area contributed by atoms with Crippen LogP contribution in [0.4, 0.5) is 0 Å². The van der Waals surface area contributed by atoms with Crippen molar-refractivity contribution in [2.45, 2.75) is 45.4 Å². The molecule has 0 atom stereocenters. The van der Waals surface area contributed by atoms with Gasteiger partial charge in [-0.15, -0.1) is 0 Å². The second kappa shape index (κ2) is 7.84. The average molecular weight is 183 g/mol. The number of ketones is 1. The molecule has 0 saturated heterocycles. The summed E-state index contributed by atoms with van der Waals surface area (Å²) in [6, 6.07) is 0. The van der Waals surface area contributed by atoms with Crippen molar-refractivity contribution in [2.24, 2.45) is 0 Å². The predicted molar refractivity (Wildman–Crippen MR) is 56.6 cm³/mol. The number of carbonyl (C=O) groups is 1. The third-order valence-corrected chi connectivity index (χ3v) is 2.11. The van der Waals surface area contributed by atoms with Crippen LogP contribution in [0.3, 0.4) is 0 Å². The molecule has 2 nitrogen and oxygen atoms in total. The van der Waals surface area contributed by atoms with E-state index in [0.717, 1.165) is 31.4 Å². The second-order valence-corrected chi connectivity index (χ2v) is 3.47. The monoisotopic (exact) mass is 183 g/mol. The van der Waals surface area contributed by atoms with E-state index < -0.39 is 0 Å². The van der Waals surface area contributed by atoms with E-state index in [-0.39, 0.29) is 0 Å². The van der Waals surface area contributed by atoms with Crippen LogP contribution in [-0.4, -0.2) is 12.8 Å². The zero-order valence-electron chi connectivity index (χ0n) is 8.86. The molecular formula is C11H21NO. The van der Waals surface area contributed by atoms with E-state index in [0.29, 0.717) is 5.78 Å². The summed E-state index contributed by atoms with van der Waals surface area (Å²) in [7, 11) is 1.90. The first-order valence-electron chi connectivity index (χ1n) is 5.01. The maximum absolute atomic E-state index is 10.6. The number of allylic oxidation sites excluding steroid dienone is 1. The smallest absolute Gasteiger partial charge is 0.129 e. The quantitative estimate of drug-likeness (QED) is 0.586. The highest BCUT2D eigenvalue weighted by Gasteiger charge is 1.94. The van der Waals surface area contributed by atoms with Gasteiger partial charge in [0.1, 0.15) is 5.78 Å². The van der Waals surface area contributed by atoms with Crippen molar-refractivity contribution in [1.82, 2.24) is 5.32 Å². The Hall–Kier alpha value is -0.790. The fourth-order valence-corrected chi connectivity index (χ4v) is 1.19. The van der Waals surface area contributed by atoms with Gasteiger partial charge < -0.3 is 10.1 Å². The largest absolute Gasteiger partial charge is 0.392 e. The minimum atomic E-state index is 0.305. The van der Waals surface area contributed by atoms with Gasteiger partial charge in [-0.25, -0.2) is 0 Å². The maximum Gasteiger partial charge on any atom is 0.129 e.